The van der Waals surface area contributed by atoms with Gasteiger partial charge in [0.05, 0.1) is 6.04 Å². The monoisotopic (exact) mass is 176 g/mol. The van der Waals surface area contributed by atoms with E-state index in [4.69, 9.17) is 5.73 Å². The third kappa shape index (κ3) is 4.87. The molecule has 0 fully saturated rings. The maximum Gasteiger partial charge on any atom is 0.281 e. The van der Waals surface area contributed by atoms with Gasteiger partial charge in [0, 0.05) is 0 Å². The first-order valence-electron chi connectivity index (χ1n) is 3.45. The van der Waals surface area contributed by atoms with E-state index in [9.17, 15) is 9.36 Å². The van der Waals surface area contributed by atoms with Crippen LogP contribution in [0.1, 0.15) is 20.3 Å². The predicted octanol–water partition coefficient (Wildman–Crippen LogP) is 0.683. The van der Waals surface area contributed by atoms with Crippen molar-refractivity contribution in [1.82, 2.24) is 5.09 Å². The van der Waals surface area contributed by atoms with Crippen LogP contribution >= 0.6 is 8.61 Å². The first-order valence-corrected chi connectivity index (χ1v) is 4.27. The highest BCUT2D eigenvalue weighted by molar-refractivity contribution is 7.22. The summed E-state index contributed by atoms with van der Waals surface area (Å²) in [7, 11) is -0.383. The molecule has 64 valence electrons. The Labute approximate surface area is 67.8 Å². The van der Waals surface area contributed by atoms with E-state index in [-0.39, 0.29) is 14.5 Å². The van der Waals surface area contributed by atoms with Crippen LogP contribution in [0.3, 0.4) is 0 Å². The molecular weight excluding hydrogens is 163 g/mol. The molecule has 0 aromatic rings. The van der Waals surface area contributed by atoms with Crippen molar-refractivity contribution in [2.75, 3.05) is 0 Å². The van der Waals surface area contributed by atoms with Crippen molar-refractivity contribution in [2.24, 2.45) is 11.7 Å². The molecule has 1 amide bonds. The van der Waals surface area contributed by atoms with Crippen LogP contribution in [0.15, 0.2) is 0 Å². The molecule has 5 heteroatoms. The lowest BCUT2D eigenvalue weighted by atomic mass is 10.0. The summed E-state index contributed by atoms with van der Waals surface area (Å²) >= 11 is 0. The van der Waals surface area contributed by atoms with Gasteiger partial charge in [0.25, 0.3) is 8.61 Å². The molecule has 0 aliphatic rings. The van der Waals surface area contributed by atoms with Crippen LogP contribution in [0.2, 0.25) is 0 Å². The minimum Gasteiger partial charge on any atom is -0.320 e. The lowest BCUT2D eigenvalue weighted by Gasteiger charge is -2.10. The summed E-state index contributed by atoms with van der Waals surface area (Å²) in [5, 5.41) is 2.10. The minimum atomic E-state index is -0.545. The van der Waals surface area contributed by atoms with Gasteiger partial charge in [0.15, 0.2) is 0 Å². The molecule has 4 nitrogen and oxygen atoms in total. The van der Waals surface area contributed by atoms with Gasteiger partial charge in [-0.3, -0.25) is 9.88 Å². The Hall–Kier alpha value is -0.470. The molecule has 0 saturated carbocycles. The Morgan fingerprint density at radius 1 is 1.64 bits per heavy atom. The van der Waals surface area contributed by atoms with Crippen molar-refractivity contribution < 1.29 is 9.36 Å². The molecule has 0 aliphatic heterocycles. The highest BCUT2D eigenvalue weighted by Crippen LogP contribution is 2.02. The molecule has 0 heterocycles. The fourth-order valence-electron chi connectivity index (χ4n) is 0.743. The molecule has 3 N–H and O–H groups in total. The molecule has 11 heavy (non-hydrogen) atoms. The van der Waals surface area contributed by atoms with E-state index in [1.807, 2.05) is 13.8 Å². The SMILES string of the molecule is CC(C)C[C@H](N)C(=O)NP=O. The molecule has 0 rings (SSSR count). The van der Waals surface area contributed by atoms with Gasteiger partial charge in [-0.25, -0.2) is 4.57 Å². The van der Waals surface area contributed by atoms with Gasteiger partial charge < -0.3 is 5.73 Å². The summed E-state index contributed by atoms with van der Waals surface area (Å²) in [4.78, 5) is 10.8. The zero-order chi connectivity index (χ0) is 8.85. The van der Waals surface area contributed by atoms with Crippen molar-refractivity contribution in [3.8, 4) is 0 Å². The molecule has 0 spiro atoms. The summed E-state index contributed by atoms with van der Waals surface area (Å²) in [6.07, 6.45) is 0.612. The van der Waals surface area contributed by atoms with Crippen LogP contribution in [0, 0.1) is 5.92 Å². The number of rotatable bonds is 4. The molecule has 0 aliphatic carbocycles. The fraction of sp³-hybridized carbons (Fsp3) is 0.833. The number of hydrogen-bond donors (Lipinski definition) is 2. The van der Waals surface area contributed by atoms with Crippen molar-refractivity contribution >= 4 is 14.5 Å². The van der Waals surface area contributed by atoms with Gasteiger partial charge in [-0.15, -0.1) is 0 Å². The molecular formula is C6H13N2O2P. The van der Waals surface area contributed by atoms with Gasteiger partial charge in [0.2, 0.25) is 5.91 Å². The Kier molecular flexibility index (Phi) is 4.99. The van der Waals surface area contributed by atoms with Crippen LogP contribution in [0.5, 0.6) is 0 Å². The van der Waals surface area contributed by atoms with Gasteiger partial charge in [-0.05, 0) is 12.3 Å². The summed E-state index contributed by atoms with van der Waals surface area (Å²) in [5.74, 6) is 0.00874. The average Bonchev–Trinajstić information content (AvgIpc) is 1.86. The van der Waals surface area contributed by atoms with Crippen molar-refractivity contribution in [1.29, 1.82) is 0 Å². The molecule has 0 radical (unpaired) electrons. The zero-order valence-electron chi connectivity index (χ0n) is 6.70. The smallest absolute Gasteiger partial charge is 0.281 e. The Morgan fingerprint density at radius 3 is 2.55 bits per heavy atom. The molecule has 1 atom stereocenters. The summed E-state index contributed by atoms with van der Waals surface area (Å²) in [6, 6.07) is -0.545. The van der Waals surface area contributed by atoms with Crippen molar-refractivity contribution in [2.45, 2.75) is 26.3 Å². The summed E-state index contributed by atoms with van der Waals surface area (Å²) < 4.78 is 9.92. The second-order valence-corrected chi connectivity index (χ2v) is 3.21. The van der Waals surface area contributed by atoms with Gasteiger partial charge in [-0.2, -0.15) is 0 Å². The first-order chi connectivity index (χ1) is 5.07. The van der Waals surface area contributed by atoms with E-state index in [1.54, 1.807) is 0 Å². The summed E-state index contributed by atoms with van der Waals surface area (Å²) in [6.45, 7) is 3.95. The van der Waals surface area contributed by atoms with Crippen LogP contribution in [0.4, 0.5) is 0 Å². The van der Waals surface area contributed by atoms with E-state index < -0.39 is 6.04 Å². The molecule has 0 aromatic heterocycles. The van der Waals surface area contributed by atoms with Gasteiger partial charge >= 0.3 is 0 Å². The van der Waals surface area contributed by atoms with E-state index in [0.717, 1.165) is 0 Å². The first kappa shape index (κ1) is 10.5. The van der Waals surface area contributed by atoms with Crippen LogP contribution in [-0.4, -0.2) is 11.9 Å². The van der Waals surface area contributed by atoms with Crippen LogP contribution in [-0.2, 0) is 9.36 Å². The standard InChI is InChI=1S/C6H13N2O2P/c1-4(2)3-5(7)6(9)8-11-10/h4-5H,3,7H2,1-2H3,(H,8,9,10)/t5-/m0/s1. The third-order valence-electron chi connectivity index (χ3n) is 1.22. The quantitative estimate of drug-likeness (QED) is 0.619. The maximum atomic E-state index is 10.8. The third-order valence-corrected chi connectivity index (χ3v) is 1.53. The lowest BCUT2D eigenvalue weighted by Crippen LogP contribution is -2.37. The van der Waals surface area contributed by atoms with Crippen LogP contribution in [0.25, 0.3) is 0 Å². The van der Waals surface area contributed by atoms with E-state index in [1.165, 1.54) is 0 Å². The number of amides is 1. The maximum absolute atomic E-state index is 10.8. The lowest BCUT2D eigenvalue weighted by molar-refractivity contribution is -0.120. The highest BCUT2D eigenvalue weighted by Gasteiger charge is 2.13. The molecule has 0 unspecified atom stereocenters. The van der Waals surface area contributed by atoms with E-state index in [2.05, 4.69) is 5.09 Å². The number of hydrogen-bond acceptors (Lipinski definition) is 3. The van der Waals surface area contributed by atoms with Crippen molar-refractivity contribution in [3.05, 3.63) is 0 Å². The van der Waals surface area contributed by atoms with E-state index >= 15 is 0 Å². The second kappa shape index (κ2) is 5.22. The number of carbonyl (C=O) groups is 1. The van der Waals surface area contributed by atoms with Gasteiger partial charge in [0.1, 0.15) is 0 Å². The topological polar surface area (TPSA) is 72.2 Å². The van der Waals surface area contributed by atoms with E-state index in [0.29, 0.717) is 12.3 Å². The number of carbonyl (C=O) groups excluding carboxylic acids is 1. The normalized spacial score (nSPS) is 13.5. The second-order valence-electron chi connectivity index (χ2n) is 2.80. The Bertz CT molecular complexity index is 150. The number of nitrogens with one attached hydrogen (secondary N) is 1. The minimum absolute atomic E-state index is 0.365. The largest absolute Gasteiger partial charge is 0.320 e. The fourth-order valence-corrected chi connectivity index (χ4v) is 0.999. The average molecular weight is 176 g/mol. The molecule has 0 aromatic carbocycles. The highest BCUT2D eigenvalue weighted by atomic mass is 31.1. The molecule has 0 saturated heterocycles. The predicted molar refractivity (Wildman–Crippen MR) is 43.2 cm³/mol. The number of nitrogens with two attached hydrogens (primary N) is 1. The van der Waals surface area contributed by atoms with Crippen molar-refractivity contribution in [3.63, 3.8) is 0 Å². The zero-order valence-corrected chi connectivity index (χ0v) is 7.60. The molecule has 0 bridgehead atoms. The summed E-state index contributed by atoms with van der Waals surface area (Å²) in [5.41, 5.74) is 5.45. The van der Waals surface area contributed by atoms with Gasteiger partial charge in [-0.1, -0.05) is 13.8 Å². The Morgan fingerprint density at radius 2 is 2.18 bits per heavy atom. The van der Waals surface area contributed by atoms with Crippen LogP contribution < -0.4 is 10.8 Å². The Balaban J connectivity index is 3.72.